The first-order chi connectivity index (χ1) is 12.9. The number of halogens is 1. The summed E-state index contributed by atoms with van der Waals surface area (Å²) >= 11 is 3.43. The minimum Gasteiger partial charge on any atom is -0.493 e. The highest BCUT2D eigenvalue weighted by molar-refractivity contribution is 9.10. The van der Waals surface area contributed by atoms with Gasteiger partial charge in [0.15, 0.2) is 11.5 Å². The van der Waals surface area contributed by atoms with E-state index in [1.165, 1.54) is 5.01 Å². The molecule has 0 fully saturated rings. The molecule has 6 heteroatoms. The molecule has 1 aliphatic heterocycles. The van der Waals surface area contributed by atoms with Crippen molar-refractivity contribution in [2.24, 2.45) is 5.10 Å². The predicted octanol–water partition coefficient (Wildman–Crippen LogP) is 5.05. The van der Waals surface area contributed by atoms with Gasteiger partial charge < -0.3 is 9.47 Å². The standard InChI is InChI=1S/C21H21BrN2O3/c1-13(2)27-19-9-8-15(11-20(19)26-4)10-18-14(3)23-24(21(18)25)17-7-5-6-16(22)12-17/h5-13H,1-4H3/b18-10-. The number of nitrogens with zero attached hydrogens (tertiary/aromatic N) is 2. The van der Waals surface area contributed by atoms with E-state index in [0.717, 1.165) is 15.7 Å². The number of amides is 1. The van der Waals surface area contributed by atoms with Crippen LogP contribution in [0.15, 0.2) is 57.6 Å². The minimum atomic E-state index is -0.160. The molecule has 0 saturated carbocycles. The monoisotopic (exact) mass is 428 g/mol. The van der Waals surface area contributed by atoms with Crippen LogP contribution in [0.25, 0.3) is 6.08 Å². The van der Waals surface area contributed by atoms with Crippen LogP contribution in [0, 0.1) is 0 Å². The van der Waals surface area contributed by atoms with Gasteiger partial charge in [-0.15, -0.1) is 0 Å². The van der Waals surface area contributed by atoms with E-state index in [1.807, 2.05) is 69.3 Å². The van der Waals surface area contributed by atoms with Gasteiger partial charge in [0.25, 0.3) is 5.91 Å². The Morgan fingerprint density at radius 3 is 2.59 bits per heavy atom. The largest absolute Gasteiger partial charge is 0.493 e. The summed E-state index contributed by atoms with van der Waals surface area (Å²) in [5, 5.41) is 5.83. The van der Waals surface area contributed by atoms with E-state index >= 15 is 0 Å². The second-order valence-electron chi connectivity index (χ2n) is 6.42. The van der Waals surface area contributed by atoms with Crippen molar-refractivity contribution in [2.45, 2.75) is 26.9 Å². The molecule has 1 amide bonds. The second kappa shape index (κ2) is 7.96. The topological polar surface area (TPSA) is 51.1 Å². The van der Waals surface area contributed by atoms with E-state index < -0.39 is 0 Å². The first-order valence-electron chi connectivity index (χ1n) is 8.61. The SMILES string of the molecule is COc1cc(/C=C2\C(=O)N(c3cccc(Br)c3)N=C2C)ccc1OC(C)C. The maximum atomic E-state index is 12.9. The van der Waals surface area contributed by atoms with Crippen LogP contribution < -0.4 is 14.5 Å². The Morgan fingerprint density at radius 1 is 1.15 bits per heavy atom. The normalized spacial score (nSPS) is 15.5. The second-order valence-corrected chi connectivity index (χ2v) is 7.33. The van der Waals surface area contributed by atoms with Crippen LogP contribution in [-0.2, 0) is 4.79 Å². The van der Waals surface area contributed by atoms with E-state index in [4.69, 9.17) is 9.47 Å². The Balaban J connectivity index is 1.91. The fourth-order valence-electron chi connectivity index (χ4n) is 2.76. The molecular formula is C21H21BrN2O3. The predicted molar refractivity (Wildman–Crippen MR) is 111 cm³/mol. The van der Waals surface area contributed by atoms with Gasteiger partial charge >= 0.3 is 0 Å². The molecule has 2 aromatic carbocycles. The van der Waals surface area contributed by atoms with Crippen LogP contribution in [0.2, 0.25) is 0 Å². The third-order valence-corrected chi connectivity index (χ3v) is 4.47. The molecule has 5 nitrogen and oxygen atoms in total. The molecule has 27 heavy (non-hydrogen) atoms. The summed E-state index contributed by atoms with van der Waals surface area (Å²) in [7, 11) is 1.60. The number of hydrogen-bond donors (Lipinski definition) is 0. The van der Waals surface area contributed by atoms with E-state index in [2.05, 4.69) is 21.0 Å². The third-order valence-electron chi connectivity index (χ3n) is 3.98. The van der Waals surface area contributed by atoms with Crippen molar-refractivity contribution < 1.29 is 14.3 Å². The lowest BCUT2D eigenvalue weighted by Gasteiger charge is -2.14. The summed E-state index contributed by atoms with van der Waals surface area (Å²) in [6, 6.07) is 13.1. The van der Waals surface area contributed by atoms with Gasteiger partial charge in [-0.1, -0.05) is 28.1 Å². The molecule has 1 heterocycles. The smallest absolute Gasteiger partial charge is 0.280 e. The Bertz CT molecular complexity index is 935. The molecule has 0 bridgehead atoms. The number of benzene rings is 2. The number of hydrazone groups is 1. The zero-order valence-corrected chi connectivity index (χ0v) is 17.3. The quantitative estimate of drug-likeness (QED) is 0.625. The molecular weight excluding hydrogens is 408 g/mol. The summed E-state index contributed by atoms with van der Waals surface area (Å²) in [6.07, 6.45) is 1.87. The number of carbonyl (C=O) groups excluding carboxylic acids is 1. The van der Waals surface area contributed by atoms with E-state index in [9.17, 15) is 4.79 Å². The first kappa shape index (κ1) is 19.2. The van der Waals surface area contributed by atoms with Gasteiger partial charge in [-0.25, -0.2) is 0 Å². The van der Waals surface area contributed by atoms with Gasteiger partial charge in [0.2, 0.25) is 0 Å². The number of anilines is 1. The summed E-state index contributed by atoms with van der Waals surface area (Å²) in [5.41, 5.74) is 2.78. The van der Waals surface area contributed by atoms with Crippen molar-refractivity contribution in [2.75, 3.05) is 12.1 Å². The molecule has 0 atom stereocenters. The molecule has 1 aliphatic rings. The van der Waals surface area contributed by atoms with Gasteiger partial charge in [-0.3, -0.25) is 4.79 Å². The molecule has 0 saturated heterocycles. The fourth-order valence-corrected chi connectivity index (χ4v) is 3.15. The number of rotatable bonds is 5. The summed E-state index contributed by atoms with van der Waals surface area (Å²) < 4.78 is 12.1. The summed E-state index contributed by atoms with van der Waals surface area (Å²) in [6.45, 7) is 5.75. The van der Waals surface area contributed by atoms with Crippen LogP contribution in [0.3, 0.4) is 0 Å². The lowest BCUT2D eigenvalue weighted by molar-refractivity contribution is -0.114. The van der Waals surface area contributed by atoms with Gasteiger partial charge in [0, 0.05) is 4.47 Å². The van der Waals surface area contributed by atoms with Crippen LogP contribution >= 0.6 is 15.9 Å². The minimum absolute atomic E-state index is 0.0487. The molecule has 2 aromatic rings. The molecule has 0 unspecified atom stereocenters. The van der Waals surface area contributed by atoms with Crippen LogP contribution in [0.4, 0.5) is 5.69 Å². The molecule has 0 spiro atoms. The number of carbonyl (C=O) groups is 1. The van der Waals surface area contributed by atoms with Crippen molar-refractivity contribution in [3.8, 4) is 11.5 Å². The van der Waals surface area contributed by atoms with Gasteiger partial charge in [-0.05, 0) is 62.7 Å². The van der Waals surface area contributed by atoms with Crippen molar-refractivity contribution in [1.29, 1.82) is 0 Å². The van der Waals surface area contributed by atoms with E-state index in [-0.39, 0.29) is 12.0 Å². The van der Waals surface area contributed by atoms with Crippen LogP contribution in [0.1, 0.15) is 26.3 Å². The van der Waals surface area contributed by atoms with Crippen LogP contribution in [0.5, 0.6) is 11.5 Å². The molecule has 0 N–H and O–H groups in total. The zero-order chi connectivity index (χ0) is 19.6. The molecule has 0 aromatic heterocycles. The maximum Gasteiger partial charge on any atom is 0.280 e. The average Bonchev–Trinajstić information content (AvgIpc) is 2.90. The molecule has 3 rings (SSSR count). The Morgan fingerprint density at radius 2 is 1.93 bits per heavy atom. The van der Waals surface area contributed by atoms with E-state index in [0.29, 0.717) is 22.8 Å². The lowest BCUT2D eigenvalue weighted by Crippen LogP contribution is -2.21. The molecule has 0 aliphatic carbocycles. The summed E-state index contributed by atoms with van der Waals surface area (Å²) in [4.78, 5) is 12.9. The van der Waals surface area contributed by atoms with Crippen LogP contribution in [-0.4, -0.2) is 24.8 Å². The van der Waals surface area contributed by atoms with Gasteiger partial charge in [0.05, 0.1) is 30.2 Å². The van der Waals surface area contributed by atoms with Crippen molar-refractivity contribution >= 4 is 39.3 Å². The highest BCUT2D eigenvalue weighted by atomic mass is 79.9. The van der Waals surface area contributed by atoms with Crippen molar-refractivity contribution in [1.82, 2.24) is 0 Å². The zero-order valence-electron chi connectivity index (χ0n) is 15.7. The van der Waals surface area contributed by atoms with Gasteiger partial charge in [-0.2, -0.15) is 10.1 Å². The Labute approximate surface area is 167 Å². The highest BCUT2D eigenvalue weighted by Gasteiger charge is 2.28. The average molecular weight is 429 g/mol. The van der Waals surface area contributed by atoms with E-state index in [1.54, 1.807) is 7.11 Å². The third kappa shape index (κ3) is 4.22. The van der Waals surface area contributed by atoms with Gasteiger partial charge in [0.1, 0.15) is 0 Å². The maximum absolute atomic E-state index is 12.9. The van der Waals surface area contributed by atoms with Crippen molar-refractivity contribution in [3.05, 3.63) is 58.1 Å². The molecule has 140 valence electrons. The molecule has 0 radical (unpaired) electrons. The van der Waals surface area contributed by atoms with Crippen molar-refractivity contribution in [3.63, 3.8) is 0 Å². The summed E-state index contributed by atoms with van der Waals surface area (Å²) in [5.74, 6) is 1.14. The lowest BCUT2D eigenvalue weighted by atomic mass is 10.1. The first-order valence-corrected chi connectivity index (χ1v) is 9.40. The number of hydrogen-bond acceptors (Lipinski definition) is 4. The number of methoxy groups -OCH3 is 1. The Hall–Kier alpha value is -2.60. The fraction of sp³-hybridized carbons (Fsp3) is 0.238. The number of ether oxygens (including phenoxy) is 2. The highest BCUT2D eigenvalue weighted by Crippen LogP contribution is 2.31. The Kier molecular flexibility index (Phi) is 5.65.